The second-order valence-corrected chi connectivity index (χ2v) is 5.72. The molecule has 1 aliphatic rings. The van der Waals surface area contributed by atoms with Gasteiger partial charge in [0.2, 0.25) is 5.91 Å². The van der Waals surface area contributed by atoms with Crippen molar-refractivity contribution in [2.45, 2.75) is 42.7 Å². The van der Waals surface area contributed by atoms with Crippen molar-refractivity contribution >= 4 is 17.7 Å². The standard InChI is InChI=1S/C14H19NO2S/c16-12-8-6-11(7-9-12)15-14(17)10-18-13-4-2-1-3-5-13/h1-5,11-12,16H,6-10H2,(H,15,17). The number of amides is 1. The first-order valence-corrected chi connectivity index (χ1v) is 7.38. The molecule has 2 N–H and O–H groups in total. The molecule has 0 heterocycles. The highest BCUT2D eigenvalue weighted by Crippen LogP contribution is 2.19. The minimum absolute atomic E-state index is 0.0882. The fourth-order valence-electron chi connectivity index (χ4n) is 2.16. The van der Waals surface area contributed by atoms with Crippen LogP contribution < -0.4 is 5.32 Å². The number of hydrogen-bond donors (Lipinski definition) is 2. The minimum Gasteiger partial charge on any atom is -0.393 e. The van der Waals surface area contributed by atoms with Gasteiger partial charge in [0.25, 0.3) is 0 Å². The Morgan fingerprint density at radius 2 is 1.89 bits per heavy atom. The summed E-state index contributed by atoms with van der Waals surface area (Å²) < 4.78 is 0. The van der Waals surface area contributed by atoms with Gasteiger partial charge in [-0.3, -0.25) is 4.79 Å². The molecule has 1 aromatic carbocycles. The molecule has 0 radical (unpaired) electrons. The highest BCUT2D eigenvalue weighted by atomic mass is 32.2. The Labute approximate surface area is 112 Å². The van der Waals surface area contributed by atoms with Crippen molar-refractivity contribution in [3.8, 4) is 0 Å². The van der Waals surface area contributed by atoms with Gasteiger partial charge in [-0.25, -0.2) is 0 Å². The zero-order valence-electron chi connectivity index (χ0n) is 10.3. The Balaban J connectivity index is 1.69. The molecule has 0 bridgehead atoms. The smallest absolute Gasteiger partial charge is 0.230 e. The highest BCUT2D eigenvalue weighted by Gasteiger charge is 2.20. The molecular formula is C14H19NO2S. The minimum atomic E-state index is -0.170. The molecule has 0 unspecified atom stereocenters. The molecule has 0 aliphatic heterocycles. The first kappa shape index (κ1) is 13.4. The van der Waals surface area contributed by atoms with Gasteiger partial charge in [0.1, 0.15) is 0 Å². The van der Waals surface area contributed by atoms with Crippen molar-refractivity contribution in [3.63, 3.8) is 0 Å². The molecule has 4 heteroatoms. The summed E-state index contributed by atoms with van der Waals surface area (Å²) in [5, 5.41) is 12.4. The molecule has 2 rings (SSSR count). The summed E-state index contributed by atoms with van der Waals surface area (Å²) in [6.07, 6.45) is 3.22. The fourth-order valence-corrected chi connectivity index (χ4v) is 2.89. The van der Waals surface area contributed by atoms with Crippen LogP contribution in [0.15, 0.2) is 35.2 Å². The van der Waals surface area contributed by atoms with Gasteiger partial charge in [-0.2, -0.15) is 0 Å². The average Bonchev–Trinajstić information content (AvgIpc) is 2.40. The van der Waals surface area contributed by atoms with E-state index in [2.05, 4.69) is 5.32 Å². The van der Waals surface area contributed by atoms with Crippen LogP contribution in [0.1, 0.15) is 25.7 Å². The van der Waals surface area contributed by atoms with Gasteiger partial charge >= 0.3 is 0 Å². The third-order valence-corrected chi connectivity index (χ3v) is 4.19. The summed E-state index contributed by atoms with van der Waals surface area (Å²) in [6.45, 7) is 0. The molecule has 18 heavy (non-hydrogen) atoms. The molecule has 1 fully saturated rings. The van der Waals surface area contributed by atoms with Gasteiger partial charge < -0.3 is 10.4 Å². The van der Waals surface area contributed by atoms with Crippen LogP contribution in [-0.4, -0.2) is 28.9 Å². The summed E-state index contributed by atoms with van der Waals surface area (Å²) in [5.74, 6) is 0.550. The lowest BCUT2D eigenvalue weighted by atomic mass is 9.93. The van der Waals surface area contributed by atoms with Gasteiger partial charge in [-0.1, -0.05) is 18.2 Å². The Hall–Kier alpha value is -1.00. The van der Waals surface area contributed by atoms with Crippen LogP contribution in [0.25, 0.3) is 0 Å². The van der Waals surface area contributed by atoms with E-state index >= 15 is 0 Å². The van der Waals surface area contributed by atoms with E-state index in [9.17, 15) is 9.90 Å². The van der Waals surface area contributed by atoms with E-state index in [1.807, 2.05) is 30.3 Å². The first-order chi connectivity index (χ1) is 8.74. The Morgan fingerprint density at radius 1 is 1.22 bits per heavy atom. The number of carbonyl (C=O) groups is 1. The van der Waals surface area contributed by atoms with E-state index < -0.39 is 0 Å². The summed E-state index contributed by atoms with van der Waals surface area (Å²) in [4.78, 5) is 12.9. The van der Waals surface area contributed by atoms with Gasteiger partial charge in [0.05, 0.1) is 11.9 Å². The Morgan fingerprint density at radius 3 is 2.56 bits per heavy atom. The molecule has 3 nitrogen and oxygen atoms in total. The zero-order chi connectivity index (χ0) is 12.8. The van der Waals surface area contributed by atoms with Crippen molar-refractivity contribution in [2.75, 3.05) is 5.75 Å². The average molecular weight is 265 g/mol. The molecular weight excluding hydrogens is 246 g/mol. The molecule has 1 saturated carbocycles. The number of benzene rings is 1. The van der Waals surface area contributed by atoms with E-state index in [4.69, 9.17) is 0 Å². The second kappa shape index (κ2) is 6.81. The maximum absolute atomic E-state index is 11.8. The van der Waals surface area contributed by atoms with Crippen LogP contribution in [0.3, 0.4) is 0 Å². The van der Waals surface area contributed by atoms with Crippen LogP contribution in [0.5, 0.6) is 0 Å². The lowest BCUT2D eigenvalue weighted by Gasteiger charge is -2.26. The number of hydrogen-bond acceptors (Lipinski definition) is 3. The number of carbonyl (C=O) groups excluding carboxylic acids is 1. The molecule has 0 atom stereocenters. The van der Waals surface area contributed by atoms with Gasteiger partial charge in [0.15, 0.2) is 0 Å². The van der Waals surface area contributed by atoms with E-state index in [1.54, 1.807) is 11.8 Å². The highest BCUT2D eigenvalue weighted by molar-refractivity contribution is 8.00. The predicted octanol–water partition coefficient (Wildman–Crippen LogP) is 2.20. The molecule has 0 saturated heterocycles. The molecule has 98 valence electrons. The topological polar surface area (TPSA) is 49.3 Å². The number of nitrogens with one attached hydrogen (secondary N) is 1. The molecule has 1 amide bonds. The maximum atomic E-state index is 11.8. The summed E-state index contributed by atoms with van der Waals surface area (Å²) in [7, 11) is 0. The van der Waals surface area contributed by atoms with Crippen LogP contribution in [0, 0.1) is 0 Å². The van der Waals surface area contributed by atoms with Gasteiger partial charge in [-0.05, 0) is 37.8 Å². The van der Waals surface area contributed by atoms with Crippen molar-refractivity contribution in [1.82, 2.24) is 5.32 Å². The monoisotopic (exact) mass is 265 g/mol. The van der Waals surface area contributed by atoms with E-state index in [-0.39, 0.29) is 18.1 Å². The van der Waals surface area contributed by atoms with Crippen molar-refractivity contribution in [2.24, 2.45) is 0 Å². The van der Waals surface area contributed by atoms with E-state index in [1.165, 1.54) is 0 Å². The summed E-state index contributed by atoms with van der Waals surface area (Å²) in [5.41, 5.74) is 0. The van der Waals surface area contributed by atoms with E-state index in [0.717, 1.165) is 30.6 Å². The fraction of sp³-hybridized carbons (Fsp3) is 0.500. The third kappa shape index (κ3) is 4.35. The molecule has 0 spiro atoms. The van der Waals surface area contributed by atoms with Crippen molar-refractivity contribution in [3.05, 3.63) is 30.3 Å². The van der Waals surface area contributed by atoms with Crippen molar-refractivity contribution < 1.29 is 9.90 Å². The second-order valence-electron chi connectivity index (χ2n) is 4.67. The summed E-state index contributed by atoms with van der Waals surface area (Å²) in [6, 6.07) is 10.2. The molecule has 1 aliphatic carbocycles. The normalized spacial score (nSPS) is 23.6. The number of aliphatic hydroxyl groups is 1. The van der Waals surface area contributed by atoms with Crippen molar-refractivity contribution in [1.29, 1.82) is 0 Å². The lowest BCUT2D eigenvalue weighted by Crippen LogP contribution is -2.39. The number of aliphatic hydroxyl groups excluding tert-OH is 1. The quantitative estimate of drug-likeness (QED) is 0.821. The van der Waals surface area contributed by atoms with Crippen LogP contribution in [0.4, 0.5) is 0 Å². The third-order valence-electron chi connectivity index (χ3n) is 3.17. The SMILES string of the molecule is O=C(CSc1ccccc1)NC1CCC(O)CC1. The Bertz CT molecular complexity index is 375. The van der Waals surface area contributed by atoms with Gasteiger partial charge in [0, 0.05) is 10.9 Å². The van der Waals surface area contributed by atoms with Crippen LogP contribution in [0.2, 0.25) is 0 Å². The number of rotatable bonds is 4. The van der Waals surface area contributed by atoms with Crippen LogP contribution in [-0.2, 0) is 4.79 Å². The maximum Gasteiger partial charge on any atom is 0.230 e. The molecule has 1 aromatic rings. The lowest BCUT2D eigenvalue weighted by molar-refractivity contribution is -0.119. The van der Waals surface area contributed by atoms with E-state index in [0.29, 0.717) is 5.75 Å². The Kier molecular flexibility index (Phi) is 5.08. The largest absolute Gasteiger partial charge is 0.393 e. The molecule has 0 aromatic heterocycles. The predicted molar refractivity (Wildman–Crippen MR) is 73.6 cm³/mol. The summed E-state index contributed by atoms with van der Waals surface area (Å²) >= 11 is 1.56. The van der Waals surface area contributed by atoms with Crippen LogP contribution >= 0.6 is 11.8 Å². The first-order valence-electron chi connectivity index (χ1n) is 6.39. The number of thioether (sulfide) groups is 1. The zero-order valence-corrected chi connectivity index (χ0v) is 11.2. The van der Waals surface area contributed by atoms with Gasteiger partial charge in [-0.15, -0.1) is 11.8 Å².